The zero-order valence-electron chi connectivity index (χ0n) is 9.59. The summed E-state index contributed by atoms with van der Waals surface area (Å²) in [4.78, 5) is 11.4. The molecule has 0 heterocycles. The molecule has 0 spiro atoms. The van der Waals surface area contributed by atoms with Crippen LogP contribution in [0.25, 0.3) is 0 Å². The second-order valence-corrected chi connectivity index (χ2v) is 4.53. The van der Waals surface area contributed by atoms with Crippen LogP contribution < -0.4 is 11.1 Å². The van der Waals surface area contributed by atoms with Crippen LogP contribution in [0.3, 0.4) is 0 Å². The number of hydrogen-bond donors (Lipinski definition) is 2. The molecule has 1 amide bonds. The lowest BCUT2D eigenvalue weighted by atomic mass is 10.1. The predicted octanol–water partition coefficient (Wildman–Crippen LogP) is 0.513. The van der Waals surface area contributed by atoms with Gasteiger partial charge in [0.1, 0.15) is 0 Å². The van der Waals surface area contributed by atoms with Crippen LogP contribution in [0.1, 0.15) is 27.2 Å². The highest BCUT2D eigenvalue weighted by Gasteiger charge is 2.13. The molecule has 0 aromatic rings. The predicted molar refractivity (Wildman–Crippen MR) is 56.9 cm³/mol. The van der Waals surface area contributed by atoms with Crippen LogP contribution >= 0.6 is 0 Å². The van der Waals surface area contributed by atoms with E-state index >= 15 is 0 Å². The van der Waals surface area contributed by atoms with Crippen molar-refractivity contribution >= 4 is 5.91 Å². The summed E-state index contributed by atoms with van der Waals surface area (Å²) in [6, 6.07) is 0. The molecule has 0 aromatic heterocycles. The molecule has 0 rings (SSSR count). The lowest BCUT2D eigenvalue weighted by Crippen LogP contribution is -2.45. The van der Waals surface area contributed by atoms with E-state index in [1.807, 2.05) is 20.8 Å². The van der Waals surface area contributed by atoms with Crippen molar-refractivity contribution in [2.45, 2.75) is 32.7 Å². The number of carbonyl (C=O) groups excluding carboxylic acids is 1. The van der Waals surface area contributed by atoms with Crippen LogP contribution in [0, 0.1) is 5.92 Å². The van der Waals surface area contributed by atoms with E-state index in [4.69, 9.17) is 10.5 Å². The molecule has 3 N–H and O–H groups in total. The standard InChI is InChI=1S/C10H22N2O2/c1-8(6-14-4)5-9(13)12-7-10(2,3)11/h8H,5-7,11H2,1-4H3,(H,12,13). The summed E-state index contributed by atoms with van der Waals surface area (Å²) in [6.07, 6.45) is 0.490. The number of rotatable bonds is 6. The molecule has 0 radical (unpaired) electrons. The van der Waals surface area contributed by atoms with E-state index in [2.05, 4.69) is 5.32 Å². The molecule has 14 heavy (non-hydrogen) atoms. The van der Waals surface area contributed by atoms with Crippen molar-refractivity contribution in [3.63, 3.8) is 0 Å². The van der Waals surface area contributed by atoms with Crippen molar-refractivity contribution in [2.75, 3.05) is 20.3 Å². The fourth-order valence-corrected chi connectivity index (χ4v) is 1.06. The van der Waals surface area contributed by atoms with E-state index in [1.54, 1.807) is 7.11 Å². The Morgan fingerprint density at radius 2 is 2.14 bits per heavy atom. The maximum atomic E-state index is 11.4. The molecule has 0 aliphatic carbocycles. The van der Waals surface area contributed by atoms with Crippen LogP contribution in [-0.2, 0) is 9.53 Å². The maximum Gasteiger partial charge on any atom is 0.220 e. The van der Waals surface area contributed by atoms with Gasteiger partial charge in [0.2, 0.25) is 5.91 Å². The Morgan fingerprint density at radius 1 is 1.57 bits per heavy atom. The first kappa shape index (κ1) is 13.4. The van der Waals surface area contributed by atoms with E-state index in [9.17, 15) is 4.79 Å². The second kappa shape index (κ2) is 5.98. The van der Waals surface area contributed by atoms with Gasteiger partial charge in [-0.15, -0.1) is 0 Å². The molecule has 0 saturated heterocycles. The highest BCUT2D eigenvalue weighted by atomic mass is 16.5. The number of ether oxygens (including phenoxy) is 1. The van der Waals surface area contributed by atoms with E-state index in [0.717, 1.165) is 0 Å². The third-order valence-corrected chi connectivity index (χ3v) is 1.73. The fourth-order valence-electron chi connectivity index (χ4n) is 1.06. The van der Waals surface area contributed by atoms with Gasteiger partial charge in [-0.1, -0.05) is 6.92 Å². The highest BCUT2D eigenvalue weighted by Crippen LogP contribution is 2.02. The number of nitrogens with one attached hydrogen (secondary N) is 1. The SMILES string of the molecule is COCC(C)CC(=O)NCC(C)(C)N. The zero-order valence-corrected chi connectivity index (χ0v) is 9.59. The van der Waals surface area contributed by atoms with Gasteiger partial charge in [0, 0.05) is 32.2 Å². The number of methoxy groups -OCH3 is 1. The molecule has 0 aliphatic rings. The van der Waals surface area contributed by atoms with Crippen molar-refractivity contribution < 1.29 is 9.53 Å². The average molecular weight is 202 g/mol. The van der Waals surface area contributed by atoms with Crippen LogP contribution in [-0.4, -0.2) is 31.7 Å². The van der Waals surface area contributed by atoms with Crippen molar-refractivity contribution in [3.05, 3.63) is 0 Å². The van der Waals surface area contributed by atoms with E-state index < -0.39 is 0 Å². The quantitative estimate of drug-likeness (QED) is 0.659. The first-order valence-electron chi connectivity index (χ1n) is 4.89. The van der Waals surface area contributed by atoms with Gasteiger partial charge in [0.05, 0.1) is 0 Å². The Balaban J connectivity index is 3.65. The highest BCUT2D eigenvalue weighted by molar-refractivity contribution is 5.76. The Kier molecular flexibility index (Phi) is 5.72. The summed E-state index contributed by atoms with van der Waals surface area (Å²) < 4.78 is 4.95. The van der Waals surface area contributed by atoms with Crippen LogP contribution in [0.4, 0.5) is 0 Å². The molecular weight excluding hydrogens is 180 g/mol. The number of carbonyl (C=O) groups is 1. The van der Waals surface area contributed by atoms with Gasteiger partial charge < -0.3 is 15.8 Å². The van der Waals surface area contributed by atoms with Crippen molar-refractivity contribution in [2.24, 2.45) is 11.7 Å². The van der Waals surface area contributed by atoms with Crippen molar-refractivity contribution in [1.29, 1.82) is 0 Å². The molecule has 0 aromatic carbocycles. The minimum Gasteiger partial charge on any atom is -0.384 e. The molecule has 1 unspecified atom stereocenters. The molecule has 4 nitrogen and oxygen atoms in total. The van der Waals surface area contributed by atoms with E-state index in [1.165, 1.54) is 0 Å². The topological polar surface area (TPSA) is 64.3 Å². The van der Waals surface area contributed by atoms with Gasteiger partial charge >= 0.3 is 0 Å². The summed E-state index contributed by atoms with van der Waals surface area (Å²) in [5.74, 6) is 0.286. The van der Waals surface area contributed by atoms with Crippen molar-refractivity contribution in [3.8, 4) is 0 Å². The molecule has 0 aliphatic heterocycles. The maximum absolute atomic E-state index is 11.4. The van der Waals surface area contributed by atoms with E-state index in [0.29, 0.717) is 19.6 Å². The Morgan fingerprint density at radius 3 is 2.57 bits per heavy atom. The summed E-state index contributed by atoms with van der Waals surface area (Å²) in [5.41, 5.74) is 5.39. The molecule has 0 bridgehead atoms. The van der Waals surface area contributed by atoms with Gasteiger partial charge in [0.15, 0.2) is 0 Å². The van der Waals surface area contributed by atoms with Gasteiger partial charge in [-0.05, 0) is 19.8 Å². The summed E-state index contributed by atoms with van der Waals surface area (Å²) >= 11 is 0. The first-order chi connectivity index (χ1) is 6.35. The summed E-state index contributed by atoms with van der Waals surface area (Å²) in [6.45, 7) is 6.86. The van der Waals surface area contributed by atoms with Crippen LogP contribution in [0.2, 0.25) is 0 Å². The third-order valence-electron chi connectivity index (χ3n) is 1.73. The van der Waals surface area contributed by atoms with Gasteiger partial charge in [-0.2, -0.15) is 0 Å². The Bertz CT molecular complexity index is 175. The summed E-state index contributed by atoms with van der Waals surface area (Å²) in [7, 11) is 1.64. The number of nitrogens with two attached hydrogens (primary N) is 1. The fraction of sp³-hybridized carbons (Fsp3) is 0.900. The lowest BCUT2D eigenvalue weighted by Gasteiger charge is -2.19. The van der Waals surface area contributed by atoms with Crippen LogP contribution in [0.15, 0.2) is 0 Å². The smallest absolute Gasteiger partial charge is 0.220 e. The lowest BCUT2D eigenvalue weighted by molar-refractivity contribution is -0.122. The van der Waals surface area contributed by atoms with Crippen molar-refractivity contribution in [1.82, 2.24) is 5.32 Å². The zero-order chi connectivity index (χ0) is 11.2. The van der Waals surface area contributed by atoms with E-state index in [-0.39, 0.29) is 17.4 Å². The van der Waals surface area contributed by atoms with Gasteiger partial charge in [-0.25, -0.2) is 0 Å². The Hall–Kier alpha value is -0.610. The largest absolute Gasteiger partial charge is 0.384 e. The minimum absolute atomic E-state index is 0.0353. The van der Waals surface area contributed by atoms with Gasteiger partial charge in [-0.3, -0.25) is 4.79 Å². The third kappa shape index (κ3) is 8.01. The number of hydrogen-bond acceptors (Lipinski definition) is 3. The average Bonchev–Trinajstić information content (AvgIpc) is 2.00. The molecular formula is C10H22N2O2. The Labute approximate surface area is 86.2 Å². The summed E-state index contributed by atoms with van der Waals surface area (Å²) in [5, 5.41) is 2.79. The molecule has 0 saturated carbocycles. The molecule has 4 heteroatoms. The molecule has 84 valence electrons. The first-order valence-corrected chi connectivity index (χ1v) is 4.89. The number of amides is 1. The monoisotopic (exact) mass is 202 g/mol. The van der Waals surface area contributed by atoms with Crippen LogP contribution in [0.5, 0.6) is 0 Å². The minimum atomic E-state index is -0.347. The second-order valence-electron chi connectivity index (χ2n) is 4.53. The van der Waals surface area contributed by atoms with Gasteiger partial charge in [0.25, 0.3) is 0 Å². The molecule has 0 fully saturated rings. The molecule has 1 atom stereocenters. The normalized spacial score (nSPS) is 13.8.